The minimum atomic E-state index is 0.588. The van der Waals surface area contributed by atoms with Crippen LogP contribution in [0, 0.1) is 0 Å². The number of nitrogens with zero attached hydrogens (tertiary/aromatic N) is 2. The van der Waals surface area contributed by atoms with Crippen molar-refractivity contribution >= 4 is 23.4 Å². The quantitative estimate of drug-likeness (QED) is 0.492. The van der Waals surface area contributed by atoms with E-state index in [1.807, 2.05) is 66.9 Å². The first-order valence-electron chi connectivity index (χ1n) is 6.52. The lowest BCUT2D eigenvalue weighted by molar-refractivity contribution is 0.982. The van der Waals surface area contributed by atoms with Gasteiger partial charge in [0.2, 0.25) is 0 Å². The van der Waals surface area contributed by atoms with E-state index in [0.29, 0.717) is 5.02 Å². The smallest absolute Gasteiger partial charge is 0.188 e. The molecule has 0 amide bonds. The summed E-state index contributed by atoms with van der Waals surface area (Å²) in [5.41, 5.74) is 3.54. The zero-order valence-electron chi connectivity index (χ0n) is 11.5. The van der Waals surface area contributed by atoms with Crippen LogP contribution < -0.4 is 0 Å². The van der Waals surface area contributed by atoms with Crippen LogP contribution in [0.3, 0.4) is 0 Å². The third-order valence-electron chi connectivity index (χ3n) is 3.11. The van der Waals surface area contributed by atoms with E-state index < -0.39 is 0 Å². The van der Waals surface area contributed by atoms with Crippen LogP contribution >= 0.6 is 23.4 Å². The standard InChI is InChI=1S/C17H13ClN2S/c1-21-17-19-15(12-8-4-2-5-9-12)14(18)16(20-17)13-10-6-3-7-11-13/h2-11H,1H3. The fourth-order valence-electron chi connectivity index (χ4n) is 2.09. The molecule has 0 N–H and O–H groups in total. The lowest BCUT2D eigenvalue weighted by Gasteiger charge is -2.10. The highest BCUT2D eigenvalue weighted by atomic mass is 35.5. The summed E-state index contributed by atoms with van der Waals surface area (Å²) in [6, 6.07) is 19.9. The molecule has 0 spiro atoms. The Kier molecular flexibility index (Phi) is 4.23. The van der Waals surface area contributed by atoms with Crippen molar-refractivity contribution in [1.29, 1.82) is 0 Å². The van der Waals surface area contributed by atoms with Crippen LogP contribution in [-0.2, 0) is 0 Å². The van der Waals surface area contributed by atoms with Gasteiger partial charge >= 0.3 is 0 Å². The summed E-state index contributed by atoms with van der Waals surface area (Å²) in [7, 11) is 0. The molecule has 1 aromatic heterocycles. The van der Waals surface area contributed by atoms with Crippen LogP contribution in [0.2, 0.25) is 5.02 Å². The second-order valence-corrected chi connectivity index (χ2v) is 5.60. The summed E-state index contributed by atoms with van der Waals surface area (Å²) in [5.74, 6) is 0. The van der Waals surface area contributed by atoms with Gasteiger partial charge in [0.25, 0.3) is 0 Å². The molecule has 0 fully saturated rings. The molecule has 0 aliphatic rings. The summed E-state index contributed by atoms with van der Waals surface area (Å²) in [6.45, 7) is 0. The average Bonchev–Trinajstić information content (AvgIpc) is 2.57. The van der Waals surface area contributed by atoms with Gasteiger partial charge in [0.1, 0.15) is 0 Å². The Morgan fingerprint density at radius 2 is 1.19 bits per heavy atom. The van der Waals surface area contributed by atoms with Gasteiger partial charge in [0.15, 0.2) is 5.16 Å². The molecule has 2 aromatic carbocycles. The molecule has 21 heavy (non-hydrogen) atoms. The Hall–Kier alpha value is -1.84. The molecule has 3 aromatic rings. The maximum Gasteiger partial charge on any atom is 0.188 e. The second-order valence-electron chi connectivity index (χ2n) is 4.45. The summed E-state index contributed by atoms with van der Waals surface area (Å²) in [6.07, 6.45) is 1.97. The predicted octanol–water partition coefficient (Wildman–Crippen LogP) is 5.19. The molecule has 0 bridgehead atoms. The SMILES string of the molecule is CSc1nc(-c2ccccc2)c(Cl)c(-c2ccccc2)n1. The summed E-state index contributed by atoms with van der Waals surface area (Å²) < 4.78 is 0. The van der Waals surface area contributed by atoms with Crippen LogP contribution in [0.25, 0.3) is 22.5 Å². The van der Waals surface area contributed by atoms with Crippen molar-refractivity contribution < 1.29 is 0 Å². The van der Waals surface area contributed by atoms with Crippen molar-refractivity contribution in [2.24, 2.45) is 0 Å². The highest BCUT2D eigenvalue weighted by Crippen LogP contribution is 2.35. The molecule has 0 aliphatic carbocycles. The molecule has 4 heteroatoms. The number of thioether (sulfide) groups is 1. The van der Waals surface area contributed by atoms with Crippen molar-refractivity contribution in [3.8, 4) is 22.5 Å². The third kappa shape index (κ3) is 2.94. The highest BCUT2D eigenvalue weighted by molar-refractivity contribution is 7.98. The first kappa shape index (κ1) is 14.1. The maximum absolute atomic E-state index is 6.57. The van der Waals surface area contributed by atoms with Crippen molar-refractivity contribution in [3.05, 3.63) is 65.7 Å². The van der Waals surface area contributed by atoms with E-state index in [1.54, 1.807) is 0 Å². The highest BCUT2D eigenvalue weighted by Gasteiger charge is 2.15. The van der Waals surface area contributed by atoms with E-state index in [0.717, 1.165) is 27.7 Å². The van der Waals surface area contributed by atoms with Crippen LogP contribution in [0.5, 0.6) is 0 Å². The maximum atomic E-state index is 6.57. The zero-order chi connectivity index (χ0) is 14.7. The first-order chi connectivity index (χ1) is 10.3. The van der Waals surface area contributed by atoms with E-state index >= 15 is 0 Å². The van der Waals surface area contributed by atoms with Gasteiger partial charge in [-0.15, -0.1) is 0 Å². The minimum absolute atomic E-state index is 0.588. The number of benzene rings is 2. The Morgan fingerprint density at radius 3 is 1.57 bits per heavy atom. The molecule has 0 saturated carbocycles. The van der Waals surface area contributed by atoms with Gasteiger partial charge in [-0.25, -0.2) is 9.97 Å². The van der Waals surface area contributed by atoms with Gasteiger partial charge in [-0.3, -0.25) is 0 Å². The van der Waals surface area contributed by atoms with Crippen LogP contribution in [-0.4, -0.2) is 16.2 Å². The Labute approximate surface area is 133 Å². The molecule has 0 unspecified atom stereocenters. The van der Waals surface area contributed by atoms with Crippen molar-refractivity contribution in [2.45, 2.75) is 5.16 Å². The monoisotopic (exact) mass is 312 g/mol. The number of hydrogen-bond acceptors (Lipinski definition) is 3. The Balaban J connectivity index is 2.23. The van der Waals surface area contributed by atoms with Gasteiger partial charge < -0.3 is 0 Å². The van der Waals surface area contributed by atoms with E-state index in [9.17, 15) is 0 Å². The van der Waals surface area contributed by atoms with Crippen LogP contribution in [0.1, 0.15) is 0 Å². The number of hydrogen-bond donors (Lipinski definition) is 0. The number of aromatic nitrogens is 2. The normalized spacial score (nSPS) is 10.6. The molecule has 104 valence electrons. The summed E-state index contributed by atoms with van der Waals surface area (Å²) in [4.78, 5) is 9.13. The fraction of sp³-hybridized carbons (Fsp3) is 0.0588. The van der Waals surface area contributed by atoms with Gasteiger partial charge in [-0.1, -0.05) is 84.0 Å². The van der Waals surface area contributed by atoms with Gasteiger partial charge in [-0.05, 0) is 6.26 Å². The zero-order valence-corrected chi connectivity index (χ0v) is 13.0. The van der Waals surface area contributed by atoms with Crippen molar-refractivity contribution in [1.82, 2.24) is 9.97 Å². The molecule has 2 nitrogen and oxygen atoms in total. The van der Waals surface area contributed by atoms with E-state index in [-0.39, 0.29) is 0 Å². The third-order valence-corrected chi connectivity index (χ3v) is 4.01. The van der Waals surface area contributed by atoms with E-state index in [1.165, 1.54) is 11.8 Å². The van der Waals surface area contributed by atoms with Crippen molar-refractivity contribution in [2.75, 3.05) is 6.26 Å². The van der Waals surface area contributed by atoms with Gasteiger partial charge in [-0.2, -0.15) is 0 Å². The molecule has 0 atom stereocenters. The topological polar surface area (TPSA) is 25.8 Å². The molecule has 0 radical (unpaired) electrons. The molecule has 1 heterocycles. The fourth-order valence-corrected chi connectivity index (χ4v) is 2.76. The summed E-state index contributed by atoms with van der Waals surface area (Å²) >= 11 is 8.09. The van der Waals surface area contributed by atoms with Crippen LogP contribution in [0.15, 0.2) is 65.8 Å². The molecule has 0 saturated heterocycles. The largest absolute Gasteiger partial charge is 0.221 e. The van der Waals surface area contributed by atoms with Crippen molar-refractivity contribution in [3.63, 3.8) is 0 Å². The number of rotatable bonds is 3. The Morgan fingerprint density at radius 1 is 0.762 bits per heavy atom. The number of halogens is 1. The molecule has 0 aliphatic heterocycles. The summed E-state index contributed by atoms with van der Waals surface area (Å²) in [5, 5.41) is 1.31. The molecule has 3 rings (SSSR count). The van der Waals surface area contributed by atoms with E-state index in [4.69, 9.17) is 11.6 Å². The Bertz CT molecular complexity index is 685. The second kappa shape index (κ2) is 6.29. The minimum Gasteiger partial charge on any atom is -0.221 e. The van der Waals surface area contributed by atoms with Crippen LogP contribution in [0.4, 0.5) is 0 Å². The predicted molar refractivity (Wildman–Crippen MR) is 89.7 cm³/mol. The molecular weight excluding hydrogens is 300 g/mol. The van der Waals surface area contributed by atoms with E-state index in [2.05, 4.69) is 9.97 Å². The lowest BCUT2D eigenvalue weighted by Crippen LogP contribution is -1.96. The van der Waals surface area contributed by atoms with Gasteiger partial charge in [0.05, 0.1) is 16.4 Å². The average molecular weight is 313 g/mol. The van der Waals surface area contributed by atoms with Gasteiger partial charge in [0, 0.05) is 11.1 Å². The lowest BCUT2D eigenvalue weighted by atomic mass is 10.1. The first-order valence-corrected chi connectivity index (χ1v) is 8.12. The molecular formula is C17H13ClN2S.